The predicted molar refractivity (Wildman–Crippen MR) is 71.9 cm³/mol. The Kier molecular flexibility index (Phi) is 5.82. The molecule has 0 bridgehead atoms. The summed E-state index contributed by atoms with van der Waals surface area (Å²) in [6, 6.07) is 0. The monoisotopic (exact) mass is 367 g/mol. The smallest absolute Gasteiger partial charge is 0.269 e. The zero-order valence-corrected chi connectivity index (χ0v) is 13.0. The average Bonchev–Trinajstić information content (AvgIpc) is 2.47. The van der Waals surface area contributed by atoms with Crippen LogP contribution in [0.3, 0.4) is 0 Å². The minimum atomic E-state index is -0.288. The normalized spacial score (nSPS) is 18.2. The van der Waals surface area contributed by atoms with E-state index in [4.69, 9.17) is 4.74 Å². The second-order valence-electron chi connectivity index (χ2n) is 4.03. The molecule has 0 aromatic rings. The summed E-state index contributed by atoms with van der Waals surface area (Å²) in [6.45, 7) is 5.64. The van der Waals surface area contributed by atoms with Crippen molar-refractivity contribution < 1.29 is 14.3 Å². The van der Waals surface area contributed by atoms with E-state index in [0.29, 0.717) is 28.7 Å². The lowest BCUT2D eigenvalue weighted by Gasteiger charge is -2.19. The number of carbonyl (C=O) groups excluding carboxylic acids is 2. The number of carbonyl (C=O) groups is 2. The van der Waals surface area contributed by atoms with E-state index in [1.807, 2.05) is 13.8 Å². The first-order valence-electron chi connectivity index (χ1n) is 5.48. The molecular formula is C11H15Br2NO3. The standard InChI is InChI=1S/C11H15Br2NO3/c1-3-4-17-6-7(2)5-14-10(15)8(12)9(13)11(14)16/h7H,3-6H2,1-2H3. The van der Waals surface area contributed by atoms with Gasteiger partial charge in [-0.3, -0.25) is 14.5 Å². The summed E-state index contributed by atoms with van der Waals surface area (Å²) in [7, 11) is 0. The van der Waals surface area contributed by atoms with E-state index in [9.17, 15) is 9.59 Å². The van der Waals surface area contributed by atoms with E-state index in [0.717, 1.165) is 6.42 Å². The summed E-state index contributed by atoms with van der Waals surface area (Å²) in [5, 5.41) is 0. The lowest BCUT2D eigenvalue weighted by Crippen LogP contribution is -2.36. The third kappa shape index (κ3) is 3.63. The van der Waals surface area contributed by atoms with Gasteiger partial charge in [0.15, 0.2) is 0 Å². The average molecular weight is 369 g/mol. The first-order valence-corrected chi connectivity index (χ1v) is 7.06. The zero-order chi connectivity index (χ0) is 13.0. The molecule has 0 N–H and O–H groups in total. The lowest BCUT2D eigenvalue weighted by molar-refractivity contribution is -0.137. The SMILES string of the molecule is CCCOCC(C)CN1C(=O)C(Br)=C(Br)C1=O. The van der Waals surface area contributed by atoms with E-state index < -0.39 is 0 Å². The van der Waals surface area contributed by atoms with Crippen LogP contribution in [0.2, 0.25) is 0 Å². The van der Waals surface area contributed by atoms with Gasteiger partial charge in [-0.2, -0.15) is 0 Å². The van der Waals surface area contributed by atoms with Gasteiger partial charge in [-0.25, -0.2) is 0 Å². The Morgan fingerprint density at radius 2 is 1.76 bits per heavy atom. The van der Waals surface area contributed by atoms with Gasteiger partial charge >= 0.3 is 0 Å². The first-order chi connectivity index (χ1) is 7.99. The van der Waals surface area contributed by atoms with E-state index in [1.54, 1.807) is 0 Å². The Morgan fingerprint density at radius 3 is 2.24 bits per heavy atom. The molecule has 0 saturated heterocycles. The molecule has 0 aromatic heterocycles. The highest BCUT2D eigenvalue weighted by molar-refractivity contribution is 9.14. The highest BCUT2D eigenvalue weighted by Crippen LogP contribution is 2.29. The molecular weight excluding hydrogens is 354 g/mol. The minimum Gasteiger partial charge on any atom is -0.381 e. The van der Waals surface area contributed by atoms with Crippen molar-refractivity contribution in [1.82, 2.24) is 4.90 Å². The van der Waals surface area contributed by atoms with Crippen LogP contribution in [0.4, 0.5) is 0 Å². The summed E-state index contributed by atoms with van der Waals surface area (Å²) in [6.07, 6.45) is 0.965. The van der Waals surface area contributed by atoms with Crippen molar-refractivity contribution in [3.05, 3.63) is 8.96 Å². The molecule has 0 aromatic carbocycles. The molecule has 1 aliphatic heterocycles. The predicted octanol–water partition coefficient (Wildman–Crippen LogP) is 2.42. The van der Waals surface area contributed by atoms with E-state index in [2.05, 4.69) is 31.9 Å². The Hall–Kier alpha value is -0.200. The quantitative estimate of drug-likeness (QED) is 0.534. The molecule has 0 aliphatic carbocycles. The van der Waals surface area contributed by atoms with Gasteiger partial charge in [0.2, 0.25) is 0 Å². The molecule has 1 aliphatic rings. The fourth-order valence-electron chi connectivity index (χ4n) is 1.48. The maximum absolute atomic E-state index is 11.7. The molecule has 0 radical (unpaired) electrons. The minimum absolute atomic E-state index is 0.133. The number of imide groups is 1. The van der Waals surface area contributed by atoms with Gasteiger partial charge in [0, 0.05) is 13.2 Å². The number of hydrogen-bond acceptors (Lipinski definition) is 3. The highest BCUT2D eigenvalue weighted by Gasteiger charge is 2.36. The van der Waals surface area contributed by atoms with Crippen molar-refractivity contribution in [2.45, 2.75) is 20.3 Å². The Labute approximate surface area is 118 Å². The molecule has 0 fully saturated rings. The largest absolute Gasteiger partial charge is 0.381 e. The third-order valence-corrected chi connectivity index (χ3v) is 4.31. The fraction of sp³-hybridized carbons (Fsp3) is 0.636. The molecule has 4 nitrogen and oxygen atoms in total. The van der Waals surface area contributed by atoms with Crippen LogP contribution >= 0.6 is 31.9 Å². The van der Waals surface area contributed by atoms with Crippen LogP contribution in [0.1, 0.15) is 20.3 Å². The van der Waals surface area contributed by atoms with Gasteiger partial charge in [0.1, 0.15) is 8.96 Å². The molecule has 17 heavy (non-hydrogen) atoms. The molecule has 0 saturated carbocycles. The van der Waals surface area contributed by atoms with Gasteiger partial charge in [0.25, 0.3) is 11.8 Å². The summed E-state index contributed by atoms with van der Waals surface area (Å²) in [5.74, 6) is -0.443. The van der Waals surface area contributed by atoms with Crippen LogP contribution in [-0.4, -0.2) is 36.5 Å². The number of rotatable bonds is 6. The van der Waals surface area contributed by atoms with Crippen molar-refractivity contribution in [3.8, 4) is 0 Å². The molecule has 1 rings (SSSR count). The molecule has 1 heterocycles. The summed E-state index contributed by atoms with van der Waals surface area (Å²) >= 11 is 6.19. The van der Waals surface area contributed by atoms with Crippen molar-refractivity contribution in [2.75, 3.05) is 19.8 Å². The lowest BCUT2D eigenvalue weighted by atomic mass is 10.2. The number of hydrogen-bond donors (Lipinski definition) is 0. The van der Waals surface area contributed by atoms with Crippen LogP contribution in [0, 0.1) is 5.92 Å². The number of amides is 2. The second kappa shape index (κ2) is 6.66. The van der Waals surface area contributed by atoms with E-state index in [-0.39, 0.29) is 17.7 Å². The van der Waals surface area contributed by atoms with Crippen molar-refractivity contribution in [3.63, 3.8) is 0 Å². The van der Waals surface area contributed by atoms with Crippen LogP contribution in [0.25, 0.3) is 0 Å². The van der Waals surface area contributed by atoms with E-state index in [1.165, 1.54) is 4.90 Å². The molecule has 1 atom stereocenters. The van der Waals surface area contributed by atoms with Crippen molar-refractivity contribution in [1.29, 1.82) is 0 Å². The second-order valence-corrected chi connectivity index (χ2v) is 5.61. The Balaban J connectivity index is 2.48. The number of halogens is 2. The van der Waals surface area contributed by atoms with Crippen molar-refractivity contribution in [2.24, 2.45) is 5.92 Å². The van der Waals surface area contributed by atoms with Gasteiger partial charge in [0.05, 0.1) is 6.61 Å². The third-order valence-electron chi connectivity index (χ3n) is 2.30. The Morgan fingerprint density at radius 1 is 1.24 bits per heavy atom. The van der Waals surface area contributed by atoms with Gasteiger partial charge in [-0.15, -0.1) is 0 Å². The van der Waals surface area contributed by atoms with Crippen molar-refractivity contribution >= 4 is 43.7 Å². The summed E-state index contributed by atoms with van der Waals surface area (Å²) in [4.78, 5) is 24.7. The van der Waals surface area contributed by atoms with Gasteiger partial charge in [-0.05, 0) is 44.2 Å². The van der Waals surface area contributed by atoms with Crippen LogP contribution in [0.15, 0.2) is 8.96 Å². The highest BCUT2D eigenvalue weighted by atomic mass is 79.9. The topological polar surface area (TPSA) is 46.6 Å². The number of nitrogens with zero attached hydrogens (tertiary/aromatic N) is 1. The molecule has 0 spiro atoms. The maximum atomic E-state index is 11.7. The fourth-order valence-corrected chi connectivity index (χ4v) is 2.24. The molecule has 6 heteroatoms. The number of ether oxygens (including phenoxy) is 1. The Bertz CT molecular complexity index is 331. The maximum Gasteiger partial charge on any atom is 0.269 e. The molecule has 2 amide bonds. The van der Waals surface area contributed by atoms with Gasteiger partial charge in [-0.1, -0.05) is 13.8 Å². The molecule has 96 valence electrons. The van der Waals surface area contributed by atoms with Gasteiger partial charge < -0.3 is 4.74 Å². The van der Waals surface area contributed by atoms with Crippen LogP contribution in [0.5, 0.6) is 0 Å². The molecule has 1 unspecified atom stereocenters. The summed E-state index contributed by atoms with van der Waals surface area (Å²) < 4.78 is 5.98. The van der Waals surface area contributed by atoms with Crippen LogP contribution in [-0.2, 0) is 14.3 Å². The van der Waals surface area contributed by atoms with E-state index >= 15 is 0 Å². The summed E-state index contributed by atoms with van der Waals surface area (Å²) in [5.41, 5.74) is 0. The zero-order valence-electron chi connectivity index (χ0n) is 9.83. The first kappa shape index (κ1) is 14.9. The van der Waals surface area contributed by atoms with Crippen LogP contribution < -0.4 is 0 Å².